The van der Waals surface area contributed by atoms with Crippen molar-refractivity contribution in [2.24, 2.45) is 0 Å². The maximum absolute atomic E-state index is 6.75. The van der Waals surface area contributed by atoms with E-state index in [1.54, 1.807) is 0 Å². The van der Waals surface area contributed by atoms with Crippen molar-refractivity contribution in [1.82, 2.24) is 4.90 Å². The van der Waals surface area contributed by atoms with Crippen LogP contribution in [-0.2, 0) is 10.3 Å². The van der Waals surface area contributed by atoms with Gasteiger partial charge in [0.05, 0.1) is 6.10 Å². The van der Waals surface area contributed by atoms with E-state index in [0.717, 1.165) is 36.5 Å². The first-order valence-electron chi connectivity index (χ1n) is 8.76. The second-order valence-corrected chi connectivity index (χ2v) is 7.32. The summed E-state index contributed by atoms with van der Waals surface area (Å²) in [4.78, 5) is 2.39. The number of hydrogen-bond donors (Lipinski definition) is 0. The van der Waals surface area contributed by atoms with E-state index >= 15 is 0 Å². The van der Waals surface area contributed by atoms with Crippen molar-refractivity contribution in [3.05, 3.63) is 70.7 Å². The largest absolute Gasteiger partial charge is 0.363 e. The normalized spacial score (nSPS) is 21.9. The summed E-state index contributed by atoms with van der Waals surface area (Å²) >= 11 is 6.09. The molecule has 0 amide bonds. The van der Waals surface area contributed by atoms with E-state index in [4.69, 9.17) is 16.3 Å². The van der Waals surface area contributed by atoms with Crippen LogP contribution in [0.3, 0.4) is 0 Å². The Labute approximate surface area is 150 Å². The lowest BCUT2D eigenvalue weighted by atomic mass is 9.87. The van der Waals surface area contributed by atoms with Crippen LogP contribution >= 0.6 is 11.6 Å². The van der Waals surface area contributed by atoms with Gasteiger partial charge in [-0.2, -0.15) is 0 Å². The van der Waals surface area contributed by atoms with E-state index in [0.29, 0.717) is 0 Å². The molecule has 2 unspecified atom stereocenters. The van der Waals surface area contributed by atoms with Crippen LogP contribution in [-0.4, -0.2) is 31.1 Å². The summed E-state index contributed by atoms with van der Waals surface area (Å²) in [6.45, 7) is 4.43. The first-order valence-corrected chi connectivity index (χ1v) is 9.13. The lowest BCUT2D eigenvalue weighted by Gasteiger charge is -2.35. The van der Waals surface area contributed by atoms with Gasteiger partial charge in [0.1, 0.15) is 5.60 Å². The van der Waals surface area contributed by atoms with Crippen molar-refractivity contribution in [1.29, 1.82) is 0 Å². The molecular weight excluding hydrogens is 318 g/mol. The summed E-state index contributed by atoms with van der Waals surface area (Å²) < 4.78 is 6.75. The molecule has 1 aliphatic heterocycles. The van der Waals surface area contributed by atoms with Gasteiger partial charge < -0.3 is 9.64 Å². The SMILES string of the molecule is CN1CCCC(OC(C)(c2ccccc2)c2ccc(Cl)cc2)CC1. The van der Waals surface area contributed by atoms with Crippen molar-refractivity contribution in [3.8, 4) is 0 Å². The van der Waals surface area contributed by atoms with Gasteiger partial charge in [0.15, 0.2) is 0 Å². The van der Waals surface area contributed by atoms with Crippen LogP contribution in [0.1, 0.15) is 37.3 Å². The molecule has 1 aliphatic rings. The fourth-order valence-electron chi connectivity index (χ4n) is 3.49. The third-order valence-corrected chi connectivity index (χ3v) is 5.27. The van der Waals surface area contributed by atoms with Crippen LogP contribution in [0.4, 0.5) is 0 Å². The van der Waals surface area contributed by atoms with E-state index in [1.165, 1.54) is 12.0 Å². The summed E-state index contributed by atoms with van der Waals surface area (Å²) in [5, 5.41) is 0.755. The lowest BCUT2D eigenvalue weighted by Crippen LogP contribution is -2.33. The molecule has 1 fully saturated rings. The summed E-state index contributed by atoms with van der Waals surface area (Å²) in [6, 6.07) is 18.6. The molecule has 3 heteroatoms. The molecule has 0 aromatic heterocycles. The molecule has 2 aromatic rings. The summed E-state index contributed by atoms with van der Waals surface area (Å²) in [7, 11) is 2.19. The van der Waals surface area contributed by atoms with Gasteiger partial charge in [0, 0.05) is 11.6 Å². The van der Waals surface area contributed by atoms with Crippen LogP contribution in [0, 0.1) is 0 Å². The number of nitrogens with zero attached hydrogens (tertiary/aromatic N) is 1. The molecule has 0 bridgehead atoms. The summed E-state index contributed by atoms with van der Waals surface area (Å²) in [6.07, 6.45) is 3.65. The smallest absolute Gasteiger partial charge is 0.116 e. The number of ether oxygens (including phenoxy) is 1. The first-order chi connectivity index (χ1) is 11.6. The van der Waals surface area contributed by atoms with Crippen LogP contribution in [0.2, 0.25) is 5.02 Å². The van der Waals surface area contributed by atoms with Gasteiger partial charge in [-0.25, -0.2) is 0 Å². The zero-order chi connectivity index (χ0) is 17.0. The highest BCUT2D eigenvalue weighted by Gasteiger charge is 2.33. The highest BCUT2D eigenvalue weighted by atomic mass is 35.5. The lowest BCUT2D eigenvalue weighted by molar-refractivity contribution is -0.0665. The second-order valence-electron chi connectivity index (χ2n) is 6.88. The van der Waals surface area contributed by atoms with Crippen LogP contribution in [0.25, 0.3) is 0 Å². The fourth-order valence-corrected chi connectivity index (χ4v) is 3.61. The molecule has 128 valence electrons. The molecule has 3 rings (SSSR count). The van der Waals surface area contributed by atoms with Crippen LogP contribution < -0.4 is 0 Å². The Kier molecular flexibility index (Phi) is 5.60. The van der Waals surface area contributed by atoms with Crippen molar-refractivity contribution in [3.63, 3.8) is 0 Å². The zero-order valence-corrected chi connectivity index (χ0v) is 15.3. The maximum atomic E-state index is 6.75. The van der Waals surface area contributed by atoms with Crippen molar-refractivity contribution in [2.75, 3.05) is 20.1 Å². The second kappa shape index (κ2) is 7.69. The third kappa shape index (κ3) is 4.00. The Morgan fingerprint density at radius 2 is 1.62 bits per heavy atom. The molecular formula is C21H26ClNO. The van der Waals surface area contributed by atoms with E-state index < -0.39 is 5.60 Å². The van der Waals surface area contributed by atoms with Crippen molar-refractivity contribution >= 4 is 11.6 Å². The van der Waals surface area contributed by atoms with E-state index in [2.05, 4.69) is 55.3 Å². The van der Waals surface area contributed by atoms with E-state index in [1.807, 2.05) is 18.2 Å². The van der Waals surface area contributed by atoms with Gasteiger partial charge in [0.2, 0.25) is 0 Å². The Morgan fingerprint density at radius 3 is 2.33 bits per heavy atom. The van der Waals surface area contributed by atoms with E-state index in [-0.39, 0.29) is 6.10 Å². The molecule has 24 heavy (non-hydrogen) atoms. The topological polar surface area (TPSA) is 12.5 Å². The minimum Gasteiger partial charge on any atom is -0.363 e. The molecule has 2 nitrogen and oxygen atoms in total. The molecule has 2 atom stereocenters. The fraction of sp³-hybridized carbons (Fsp3) is 0.429. The molecule has 0 radical (unpaired) electrons. The summed E-state index contributed by atoms with van der Waals surface area (Å²) in [5.74, 6) is 0. The number of benzene rings is 2. The number of hydrogen-bond acceptors (Lipinski definition) is 2. The number of likely N-dealkylation sites (tertiary alicyclic amines) is 1. The molecule has 1 saturated heterocycles. The zero-order valence-electron chi connectivity index (χ0n) is 14.5. The maximum Gasteiger partial charge on any atom is 0.116 e. The predicted octanol–water partition coefficient (Wildman–Crippen LogP) is 5.10. The Balaban J connectivity index is 1.91. The molecule has 0 aliphatic carbocycles. The van der Waals surface area contributed by atoms with Crippen molar-refractivity contribution < 1.29 is 4.74 Å². The highest BCUT2D eigenvalue weighted by Crippen LogP contribution is 2.36. The third-order valence-electron chi connectivity index (χ3n) is 5.02. The molecule has 0 spiro atoms. The standard InChI is InChI=1S/C21H26ClNO/c1-21(17-7-4-3-5-8-17,18-10-12-19(22)13-11-18)24-20-9-6-15-23(2)16-14-20/h3-5,7-8,10-13,20H,6,9,14-16H2,1-2H3. The van der Waals surface area contributed by atoms with Crippen LogP contribution in [0.5, 0.6) is 0 Å². The van der Waals surface area contributed by atoms with Gasteiger partial charge in [-0.1, -0.05) is 54.1 Å². The molecule has 2 aromatic carbocycles. The summed E-state index contributed by atoms with van der Waals surface area (Å²) in [5.41, 5.74) is 1.88. The first kappa shape index (κ1) is 17.5. The minimum absolute atomic E-state index is 0.274. The number of halogens is 1. The average Bonchev–Trinajstić information content (AvgIpc) is 2.80. The van der Waals surface area contributed by atoms with Gasteiger partial charge >= 0.3 is 0 Å². The monoisotopic (exact) mass is 343 g/mol. The van der Waals surface area contributed by atoms with Gasteiger partial charge in [0.25, 0.3) is 0 Å². The molecule has 1 heterocycles. The molecule has 0 N–H and O–H groups in total. The van der Waals surface area contributed by atoms with Gasteiger partial charge in [-0.05, 0) is 63.0 Å². The van der Waals surface area contributed by atoms with Gasteiger partial charge in [-0.3, -0.25) is 0 Å². The van der Waals surface area contributed by atoms with Gasteiger partial charge in [-0.15, -0.1) is 0 Å². The molecule has 0 saturated carbocycles. The Hall–Kier alpha value is -1.35. The predicted molar refractivity (Wildman–Crippen MR) is 101 cm³/mol. The Morgan fingerprint density at radius 1 is 0.958 bits per heavy atom. The highest BCUT2D eigenvalue weighted by molar-refractivity contribution is 6.30. The van der Waals surface area contributed by atoms with Crippen LogP contribution in [0.15, 0.2) is 54.6 Å². The number of rotatable bonds is 4. The Bertz CT molecular complexity index is 643. The average molecular weight is 344 g/mol. The van der Waals surface area contributed by atoms with E-state index in [9.17, 15) is 0 Å². The quantitative estimate of drug-likeness (QED) is 0.765. The minimum atomic E-state index is -0.459. The van der Waals surface area contributed by atoms with Crippen molar-refractivity contribution in [2.45, 2.75) is 37.9 Å².